The third-order valence-electron chi connectivity index (χ3n) is 2.52. The Bertz CT molecular complexity index is 411. The fourth-order valence-electron chi connectivity index (χ4n) is 1.77. The van der Waals surface area contributed by atoms with E-state index in [-0.39, 0.29) is 0 Å². The number of aryl methyl sites for hydroxylation is 2. The van der Waals surface area contributed by atoms with Gasteiger partial charge in [0, 0.05) is 16.4 Å². The molecule has 74 valence electrons. The van der Waals surface area contributed by atoms with Crippen molar-refractivity contribution >= 4 is 11.3 Å². The molecule has 2 aromatic heterocycles. The summed E-state index contributed by atoms with van der Waals surface area (Å²) in [6.45, 7) is 6.26. The first kappa shape index (κ1) is 9.53. The minimum atomic E-state index is 0.451. The van der Waals surface area contributed by atoms with Gasteiger partial charge in [0.1, 0.15) is 11.5 Å². The van der Waals surface area contributed by atoms with Gasteiger partial charge in [-0.15, -0.1) is 11.3 Å². The van der Waals surface area contributed by atoms with Crippen LogP contribution in [0.25, 0.3) is 0 Å². The third kappa shape index (κ3) is 1.62. The first-order valence-corrected chi connectivity index (χ1v) is 5.67. The maximum atomic E-state index is 5.54. The second kappa shape index (κ2) is 3.62. The molecule has 1 atom stereocenters. The topological polar surface area (TPSA) is 13.1 Å². The summed E-state index contributed by atoms with van der Waals surface area (Å²) in [7, 11) is 0. The number of thiophene rings is 1. The summed E-state index contributed by atoms with van der Waals surface area (Å²) < 4.78 is 5.54. The van der Waals surface area contributed by atoms with Gasteiger partial charge >= 0.3 is 0 Å². The van der Waals surface area contributed by atoms with Gasteiger partial charge in [-0.2, -0.15) is 0 Å². The van der Waals surface area contributed by atoms with Gasteiger partial charge in [-0.25, -0.2) is 0 Å². The average molecular weight is 206 g/mol. The fourth-order valence-corrected chi connectivity index (χ4v) is 2.57. The van der Waals surface area contributed by atoms with Gasteiger partial charge < -0.3 is 4.42 Å². The second-order valence-corrected chi connectivity index (χ2v) is 4.58. The smallest absolute Gasteiger partial charge is 0.104 e. The van der Waals surface area contributed by atoms with E-state index in [0.29, 0.717) is 5.92 Å². The molecule has 0 aliphatic rings. The Labute approximate surface area is 88.4 Å². The van der Waals surface area contributed by atoms with Gasteiger partial charge in [-0.3, -0.25) is 0 Å². The van der Waals surface area contributed by atoms with Gasteiger partial charge in [0.15, 0.2) is 0 Å². The van der Waals surface area contributed by atoms with E-state index in [1.54, 1.807) is 11.3 Å². The van der Waals surface area contributed by atoms with Crippen LogP contribution in [0.4, 0.5) is 0 Å². The lowest BCUT2D eigenvalue weighted by Gasteiger charge is -2.07. The summed E-state index contributed by atoms with van der Waals surface area (Å²) in [5.74, 6) is 2.50. The van der Waals surface area contributed by atoms with Crippen LogP contribution in [0.15, 0.2) is 28.0 Å². The lowest BCUT2D eigenvalue weighted by Crippen LogP contribution is -1.92. The van der Waals surface area contributed by atoms with Crippen LogP contribution in [0.1, 0.15) is 34.8 Å². The van der Waals surface area contributed by atoms with Crippen LogP contribution >= 0.6 is 11.3 Å². The van der Waals surface area contributed by atoms with Crippen molar-refractivity contribution in [1.29, 1.82) is 0 Å². The molecule has 0 amide bonds. The van der Waals surface area contributed by atoms with Crippen molar-refractivity contribution in [2.45, 2.75) is 26.7 Å². The third-order valence-corrected chi connectivity index (χ3v) is 3.57. The highest BCUT2D eigenvalue weighted by atomic mass is 32.1. The van der Waals surface area contributed by atoms with E-state index in [1.165, 1.54) is 10.4 Å². The van der Waals surface area contributed by atoms with E-state index in [4.69, 9.17) is 4.42 Å². The summed E-state index contributed by atoms with van der Waals surface area (Å²) in [5.41, 5.74) is 1.31. The van der Waals surface area contributed by atoms with Crippen molar-refractivity contribution in [3.8, 4) is 0 Å². The number of furan rings is 1. The maximum Gasteiger partial charge on any atom is 0.104 e. The number of rotatable bonds is 2. The number of hydrogen-bond acceptors (Lipinski definition) is 2. The Morgan fingerprint density at radius 1 is 1.36 bits per heavy atom. The predicted octanol–water partition coefficient (Wildman–Crippen LogP) is 4.11. The Balaban J connectivity index is 2.36. The Morgan fingerprint density at radius 3 is 2.64 bits per heavy atom. The highest BCUT2D eigenvalue weighted by Gasteiger charge is 2.14. The van der Waals surface area contributed by atoms with E-state index < -0.39 is 0 Å². The van der Waals surface area contributed by atoms with Gasteiger partial charge in [0.2, 0.25) is 0 Å². The highest BCUT2D eigenvalue weighted by molar-refractivity contribution is 7.10. The van der Waals surface area contributed by atoms with Crippen molar-refractivity contribution in [1.82, 2.24) is 0 Å². The standard InChI is InChI=1S/C12H14OS/c1-8-7-11(10(3)13-8)9(2)12-5-4-6-14-12/h4-7,9H,1-3H3. The molecule has 0 N–H and O–H groups in total. The number of hydrogen-bond donors (Lipinski definition) is 0. The van der Waals surface area contributed by atoms with Crippen LogP contribution in [-0.2, 0) is 0 Å². The predicted molar refractivity (Wildman–Crippen MR) is 60.0 cm³/mol. The molecule has 14 heavy (non-hydrogen) atoms. The molecule has 2 heterocycles. The molecule has 0 saturated carbocycles. The van der Waals surface area contributed by atoms with E-state index in [1.807, 2.05) is 13.8 Å². The zero-order chi connectivity index (χ0) is 10.1. The van der Waals surface area contributed by atoms with Crippen molar-refractivity contribution in [2.75, 3.05) is 0 Å². The van der Waals surface area contributed by atoms with Crippen LogP contribution in [0.2, 0.25) is 0 Å². The van der Waals surface area contributed by atoms with E-state index in [0.717, 1.165) is 11.5 Å². The quantitative estimate of drug-likeness (QED) is 0.720. The second-order valence-electron chi connectivity index (χ2n) is 3.61. The first-order valence-electron chi connectivity index (χ1n) is 4.79. The normalized spacial score (nSPS) is 13.1. The van der Waals surface area contributed by atoms with Crippen LogP contribution in [0.5, 0.6) is 0 Å². The fraction of sp³-hybridized carbons (Fsp3) is 0.333. The molecule has 0 spiro atoms. The lowest BCUT2D eigenvalue weighted by atomic mass is 10.0. The Morgan fingerprint density at radius 2 is 2.14 bits per heavy atom. The van der Waals surface area contributed by atoms with Crippen molar-refractivity contribution in [2.24, 2.45) is 0 Å². The van der Waals surface area contributed by atoms with Gasteiger partial charge in [-0.1, -0.05) is 13.0 Å². The zero-order valence-corrected chi connectivity index (χ0v) is 9.52. The molecule has 0 fully saturated rings. The van der Waals surface area contributed by atoms with E-state index in [2.05, 4.69) is 30.5 Å². The molecule has 2 aromatic rings. The van der Waals surface area contributed by atoms with Crippen LogP contribution < -0.4 is 0 Å². The van der Waals surface area contributed by atoms with E-state index in [9.17, 15) is 0 Å². The molecule has 0 aliphatic heterocycles. The summed E-state index contributed by atoms with van der Waals surface area (Å²) >= 11 is 1.80. The summed E-state index contributed by atoms with van der Waals surface area (Å²) in [4.78, 5) is 1.40. The van der Waals surface area contributed by atoms with Crippen molar-refractivity contribution < 1.29 is 4.42 Å². The van der Waals surface area contributed by atoms with Crippen LogP contribution in [0.3, 0.4) is 0 Å². The molecule has 0 aliphatic carbocycles. The monoisotopic (exact) mass is 206 g/mol. The van der Waals surface area contributed by atoms with Gasteiger partial charge in [-0.05, 0) is 31.4 Å². The minimum Gasteiger partial charge on any atom is -0.466 e. The molecule has 0 bridgehead atoms. The molecule has 2 rings (SSSR count). The van der Waals surface area contributed by atoms with Gasteiger partial charge in [0.05, 0.1) is 0 Å². The molecule has 1 unspecified atom stereocenters. The SMILES string of the molecule is Cc1cc(C(C)c2cccs2)c(C)o1. The molecular weight excluding hydrogens is 192 g/mol. The summed E-state index contributed by atoms with van der Waals surface area (Å²) in [6.07, 6.45) is 0. The van der Waals surface area contributed by atoms with E-state index >= 15 is 0 Å². The zero-order valence-electron chi connectivity index (χ0n) is 8.70. The maximum absolute atomic E-state index is 5.54. The van der Waals surface area contributed by atoms with Crippen molar-refractivity contribution in [3.63, 3.8) is 0 Å². The first-order chi connectivity index (χ1) is 6.68. The molecule has 2 heteroatoms. The molecule has 0 saturated heterocycles. The lowest BCUT2D eigenvalue weighted by molar-refractivity contribution is 0.500. The molecular formula is C12H14OS. The van der Waals surface area contributed by atoms with Crippen LogP contribution in [-0.4, -0.2) is 0 Å². The molecule has 0 aromatic carbocycles. The Hall–Kier alpha value is -1.02. The summed E-state index contributed by atoms with van der Waals surface area (Å²) in [6, 6.07) is 6.41. The van der Waals surface area contributed by atoms with Crippen LogP contribution in [0, 0.1) is 13.8 Å². The Kier molecular flexibility index (Phi) is 2.46. The molecule has 1 nitrogen and oxygen atoms in total. The van der Waals surface area contributed by atoms with Crippen molar-refractivity contribution in [3.05, 3.63) is 45.5 Å². The highest BCUT2D eigenvalue weighted by Crippen LogP contribution is 2.31. The minimum absolute atomic E-state index is 0.451. The average Bonchev–Trinajstić information content (AvgIpc) is 2.73. The van der Waals surface area contributed by atoms with Gasteiger partial charge in [0.25, 0.3) is 0 Å². The largest absolute Gasteiger partial charge is 0.466 e. The summed E-state index contributed by atoms with van der Waals surface area (Å²) in [5, 5.41) is 2.12. The molecule has 0 radical (unpaired) electrons.